The highest BCUT2D eigenvalue weighted by atomic mass is 16.6. The lowest BCUT2D eigenvalue weighted by Crippen LogP contribution is -2.58. The molecule has 0 fully saturated rings. The third-order valence-electron chi connectivity index (χ3n) is 21.3. The number of esters is 3. The van der Waals surface area contributed by atoms with Gasteiger partial charge in [-0.05, 0) is 123 Å². The van der Waals surface area contributed by atoms with Crippen molar-refractivity contribution in [2.45, 2.75) is 428 Å². The molecule has 3 aromatic carbocycles. The van der Waals surface area contributed by atoms with Gasteiger partial charge in [-0.25, -0.2) is 28.1 Å². The van der Waals surface area contributed by atoms with Crippen LogP contribution in [0.2, 0.25) is 0 Å². The number of nitrogens with zero attached hydrogens (tertiary/aromatic N) is 3. The van der Waals surface area contributed by atoms with Crippen molar-refractivity contribution in [2.75, 3.05) is 0 Å². The van der Waals surface area contributed by atoms with Gasteiger partial charge in [0.1, 0.15) is 17.2 Å². The highest BCUT2D eigenvalue weighted by molar-refractivity contribution is 5.80. The van der Waals surface area contributed by atoms with Crippen molar-refractivity contribution in [3.63, 3.8) is 0 Å². The second kappa shape index (κ2) is 40.9. The standard InChI is InChI=1S/C90H147N3O12/c1-25-28-31-34-37-40-43-46-49-52-73(103-79(97)61(4)64-55-67(85(7,8)9)76(94)68(56-64)86(10,11)12)91-82(100)92(74(53-50-47-44-41-38-35-32-29-26-2)104-80(98)62(5)65-57-69(87(13,14)15)77(95)70(58-65)88(16,17)18)84(102)93(83(91)101)75(54-51-48-45-42-39-36-33-30-27-3)105-81(99)63(6)66-59-71(89(19,20)21)78(96)72(60-66)90(22,23)24/h55-63,73-75,94-96H,25-54H2,1-24H3. The molecule has 6 unspecified atom stereocenters. The Morgan fingerprint density at radius 2 is 0.448 bits per heavy atom. The van der Waals surface area contributed by atoms with Crippen molar-refractivity contribution in [1.29, 1.82) is 0 Å². The largest absolute Gasteiger partial charge is 0.507 e. The van der Waals surface area contributed by atoms with Gasteiger partial charge in [-0.3, -0.25) is 14.4 Å². The van der Waals surface area contributed by atoms with Gasteiger partial charge in [-0.2, -0.15) is 0 Å². The molecule has 0 bridgehead atoms. The minimum absolute atomic E-state index is 0.0165. The van der Waals surface area contributed by atoms with Gasteiger partial charge >= 0.3 is 35.0 Å². The smallest absolute Gasteiger partial charge is 0.342 e. The van der Waals surface area contributed by atoms with Gasteiger partial charge in [0.2, 0.25) is 0 Å². The molecule has 0 saturated heterocycles. The lowest BCUT2D eigenvalue weighted by atomic mass is 9.77. The molecule has 4 aromatic rings. The van der Waals surface area contributed by atoms with Crippen molar-refractivity contribution < 1.29 is 43.9 Å². The third-order valence-corrected chi connectivity index (χ3v) is 21.3. The molecule has 1 heterocycles. The van der Waals surface area contributed by atoms with Gasteiger partial charge in [0, 0.05) is 19.3 Å². The number of carbonyl (C=O) groups is 3. The first-order valence-corrected chi connectivity index (χ1v) is 41.1. The summed E-state index contributed by atoms with van der Waals surface area (Å²) in [7, 11) is 0. The zero-order valence-electron chi connectivity index (χ0n) is 70.5. The predicted octanol–water partition coefficient (Wildman–Crippen LogP) is 23.4. The van der Waals surface area contributed by atoms with Crippen molar-refractivity contribution in [2.24, 2.45) is 0 Å². The molecule has 6 atom stereocenters. The maximum atomic E-state index is 16.5. The van der Waals surface area contributed by atoms with E-state index in [4.69, 9.17) is 14.2 Å². The summed E-state index contributed by atoms with van der Waals surface area (Å²) in [6.07, 6.45) is 20.5. The van der Waals surface area contributed by atoms with E-state index in [9.17, 15) is 15.3 Å². The first kappa shape index (κ1) is 91.3. The summed E-state index contributed by atoms with van der Waals surface area (Å²) in [6.45, 7) is 47.6. The summed E-state index contributed by atoms with van der Waals surface area (Å²) in [6, 6.07) is 10.9. The van der Waals surface area contributed by atoms with E-state index in [0.29, 0.717) is 88.6 Å². The topological polar surface area (TPSA) is 206 Å². The van der Waals surface area contributed by atoms with Gasteiger partial charge < -0.3 is 29.5 Å². The predicted molar refractivity (Wildman–Crippen MR) is 432 cm³/mol. The molecular formula is C90H147N3O12. The first-order valence-electron chi connectivity index (χ1n) is 41.1. The van der Waals surface area contributed by atoms with Crippen LogP contribution in [0.4, 0.5) is 0 Å². The Morgan fingerprint density at radius 1 is 0.295 bits per heavy atom. The van der Waals surface area contributed by atoms with Gasteiger partial charge in [0.25, 0.3) is 0 Å². The van der Waals surface area contributed by atoms with Crippen molar-refractivity contribution in [3.8, 4) is 17.2 Å². The van der Waals surface area contributed by atoms with Gasteiger partial charge in [-0.15, -0.1) is 0 Å². The average Bonchev–Trinajstić information content (AvgIpc) is 0.767. The fraction of sp³-hybridized carbons (Fsp3) is 0.733. The van der Waals surface area contributed by atoms with Crippen molar-refractivity contribution in [1.82, 2.24) is 13.7 Å². The molecule has 1 aromatic heterocycles. The number of phenols is 3. The highest BCUT2D eigenvalue weighted by Gasteiger charge is 2.38. The maximum Gasteiger partial charge on any atom is 0.342 e. The molecule has 0 aliphatic rings. The molecule has 0 radical (unpaired) electrons. The van der Waals surface area contributed by atoms with Crippen LogP contribution in [0.3, 0.4) is 0 Å². The molecule has 0 aliphatic carbocycles. The van der Waals surface area contributed by atoms with Crippen LogP contribution >= 0.6 is 0 Å². The number of ether oxygens (including phenoxy) is 3. The van der Waals surface area contributed by atoms with Crippen LogP contribution in [0.1, 0.15) is 445 Å². The number of hydrogen-bond donors (Lipinski definition) is 3. The molecule has 0 saturated carbocycles. The summed E-state index contributed by atoms with van der Waals surface area (Å²) in [5.74, 6) is -4.87. The van der Waals surface area contributed by atoms with E-state index in [1.54, 1.807) is 20.8 Å². The molecule has 0 amide bonds. The minimum atomic E-state index is -1.62. The summed E-state index contributed by atoms with van der Waals surface area (Å²) < 4.78 is 22.6. The quantitative estimate of drug-likeness (QED) is 0.0215. The van der Waals surface area contributed by atoms with Crippen LogP contribution in [0.5, 0.6) is 17.2 Å². The lowest BCUT2D eigenvalue weighted by molar-refractivity contribution is -0.159. The molecule has 0 spiro atoms. The fourth-order valence-electron chi connectivity index (χ4n) is 14.2. The number of benzene rings is 3. The van der Waals surface area contributed by atoms with E-state index in [2.05, 4.69) is 20.8 Å². The van der Waals surface area contributed by atoms with Crippen LogP contribution in [-0.4, -0.2) is 46.9 Å². The molecule has 3 N–H and O–H groups in total. The number of aromatic nitrogens is 3. The number of hydrogen-bond acceptors (Lipinski definition) is 12. The van der Waals surface area contributed by atoms with Gasteiger partial charge in [-0.1, -0.05) is 336 Å². The number of rotatable bonds is 42. The first-order chi connectivity index (χ1) is 48.9. The second-order valence-corrected chi connectivity index (χ2v) is 37.0. The summed E-state index contributed by atoms with van der Waals surface area (Å²) in [5.41, 5.74) is -1.24. The van der Waals surface area contributed by atoms with Crippen LogP contribution in [-0.2, 0) is 61.1 Å². The van der Waals surface area contributed by atoms with Gasteiger partial charge in [0.15, 0.2) is 18.7 Å². The second-order valence-electron chi connectivity index (χ2n) is 37.0. The van der Waals surface area contributed by atoms with E-state index in [1.165, 1.54) is 19.3 Å². The SMILES string of the molecule is CCCCCCCCCCCC(OC(=O)C(C)c1cc(C(C)(C)C)c(O)c(C(C)(C)C)c1)n1c(=O)n(C(CCCCCCCCCCC)OC(=O)C(C)c2cc(C(C)(C)C)c(O)c(C(C)(C)C)c2)c(=O)n(C(CCCCCCCCCCC)OC(=O)C(C)c2cc(C(C)(C)C)c(O)c(C(C)(C)C)c2)c1=O. The van der Waals surface area contributed by atoms with Crippen LogP contribution in [0.15, 0.2) is 50.8 Å². The zero-order valence-corrected chi connectivity index (χ0v) is 70.5. The minimum Gasteiger partial charge on any atom is -0.507 e. The monoisotopic (exact) mass is 1460 g/mol. The van der Waals surface area contributed by atoms with E-state index in [-0.39, 0.29) is 36.5 Å². The number of aromatic hydroxyl groups is 3. The van der Waals surface area contributed by atoms with E-state index < -0.39 is 104 Å². The normalized spacial score (nSPS) is 14.4. The Kier molecular flexibility index (Phi) is 35.5. The number of phenolic OH excluding ortho intramolecular Hbond substituents is 3. The molecule has 105 heavy (non-hydrogen) atoms. The maximum absolute atomic E-state index is 16.5. The van der Waals surface area contributed by atoms with Crippen LogP contribution in [0, 0.1) is 0 Å². The molecule has 0 aliphatic heterocycles. The number of carbonyl (C=O) groups excluding carboxylic acids is 3. The lowest BCUT2D eigenvalue weighted by Gasteiger charge is -2.30. The summed E-state index contributed by atoms with van der Waals surface area (Å²) in [5, 5.41) is 35.6. The third kappa shape index (κ3) is 26.9. The van der Waals surface area contributed by atoms with Crippen LogP contribution in [0.25, 0.3) is 0 Å². The van der Waals surface area contributed by atoms with Gasteiger partial charge in [0.05, 0.1) is 17.8 Å². The van der Waals surface area contributed by atoms with E-state index in [0.717, 1.165) is 129 Å². The Balaban J connectivity index is 2.21. The molecule has 594 valence electrons. The molecule has 15 nitrogen and oxygen atoms in total. The molecular weight excluding hydrogens is 1310 g/mol. The Hall–Kier alpha value is -6.12. The fourth-order valence-corrected chi connectivity index (χ4v) is 14.2. The number of unbranched alkanes of at least 4 members (excludes halogenated alkanes) is 24. The van der Waals surface area contributed by atoms with E-state index in [1.807, 2.05) is 161 Å². The Labute approximate surface area is 635 Å². The van der Waals surface area contributed by atoms with E-state index >= 15 is 28.8 Å². The average molecular weight is 1460 g/mol. The Bertz CT molecular complexity index is 3080. The molecule has 15 heteroatoms. The van der Waals surface area contributed by atoms with Crippen molar-refractivity contribution >= 4 is 17.9 Å². The molecule has 4 rings (SSSR count). The highest BCUT2D eigenvalue weighted by Crippen LogP contribution is 2.45. The van der Waals surface area contributed by atoms with Crippen LogP contribution < -0.4 is 17.1 Å². The Morgan fingerprint density at radius 3 is 0.600 bits per heavy atom. The van der Waals surface area contributed by atoms with Crippen molar-refractivity contribution in [3.05, 3.63) is 118 Å². The zero-order chi connectivity index (χ0) is 79.2. The summed E-state index contributed by atoms with van der Waals surface area (Å²) >= 11 is 0. The summed E-state index contributed by atoms with van der Waals surface area (Å²) in [4.78, 5) is 95.8.